The van der Waals surface area contributed by atoms with E-state index in [0.717, 1.165) is 24.4 Å². The van der Waals surface area contributed by atoms with E-state index < -0.39 is 16.6 Å². The highest BCUT2D eigenvalue weighted by atomic mass is 16.6. The zero-order chi connectivity index (χ0) is 15.4. The second-order valence-corrected chi connectivity index (χ2v) is 4.05. The largest absolute Gasteiger partial charge is 0.872 e. The normalized spacial score (nSPS) is 10.7. The van der Waals surface area contributed by atoms with E-state index in [1.54, 1.807) is 13.2 Å². The van der Waals surface area contributed by atoms with Crippen LogP contribution in [0.3, 0.4) is 0 Å². The lowest BCUT2D eigenvalue weighted by atomic mass is 10.2. The third-order valence-corrected chi connectivity index (χ3v) is 2.52. The number of carbonyl (C=O) groups is 1. The highest BCUT2D eigenvalue weighted by Gasteiger charge is 2.08. The molecule has 0 fully saturated rings. The minimum absolute atomic E-state index is 0.00511. The molecule has 0 radical (unpaired) electrons. The van der Waals surface area contributed by atoms with Crippen LogP contribution in [0.2, 0.25) is 0 Å². The smallest absolute Gasteiger partial charge is 0.291 e. The Morgan fingerprint density at radius 1 is 1.48 bits per heavy atom. The van der Waals surface area contributed by atoms with E-state index in [4.69, 9.17) is 0 Å². The summed E-state index contributed by atoms with van der Waals surface area (Å²) in [6.07, 6.45) is 2.64. The molecular formula is C12H10N5O4-. The number of benzene rings is 1. The van der Waals surface area contributed by atoms with E-state index >= 15 is 0 Å². The van der Waals surface area contributed by atoms with Crippen LogP contribution in [0.1, 0.15) is 16.1 Å². The Bertz CT molecular complexity index is 722. The summed E-state index contributed by atoms with van der Waals surface area (Å²) in [7, 11) is 1.66. The van der Waals surface area contributed by atoms with Gasteiger partial charge in [-0.15, -0.1) is 0 Å². The van der Waals surface area contributed by atoms with Crippen LogP contribution < -0.4 is 10.5 Å². The summed E-state index contributed by atoms with van der Waals surface area (Å²) in [6, 6.07) is 4.75. The van der Waals surface area contributed by atoms with E-state index in [-0.39, 0.29) is 16.9 Å². The number of hydrogen-bond donors (Lipinski definition) is 1. The number of aryl methyl sites for hydroxylation is 1. The first kappa shape index (κ1) is 14.2. The molecule has 2 rings (SSSR count). The number of nitro groups is 1. The van der Waals surface area contributed by atoms with Gasteiger partial charge >= 0.3 is 0 Å². The third-order valence-electron chi connectivity index (χ3n) is 2.52. The number of hydrazone groups is 1. The molecule has 1 aromatic heterocycles. The van der Waals surface area contributed by atoms with Crippen LogP contribution >= 0.6 is 0 Å². The topological polar surface area (TPSA) is 125 Å². The van der Waals surface area contributed by atoms with Crippen LogP contribution in [0.25, 0.3) is 0 Å². The first-order valence-electron chi connectivity index (χ1n) is 5.76. The summed E-state index contributed by atoms with van der Waals surface area (Å²) < 4.78 is 1.45. The second kappa shape index (κ2) is 5.82. The molecule has 1 amide bonds. The van der Waals surface area contributed by atoms with Crippen LogP contribution in [0.5, 0.6) is 5.75 Å². The molecule has 9 nitrogen and oxygen atoms in total. The highest BCUT2D eigenvalue weighted by molar-refractivity contribution is 5.93. The molecule has 0 aliphatic carbocycles. The van der Waals surface area contributed by atoms with E-state index in [9.17, 15) is 20.0 Å². The molecule has 1 N–H and O–H groups in total. The molecule has 0 unspecified atom stereocenters. The van der Waals surface area contributed by atoms with Crippen LogP contribution in [-0.4, -0.2) is 26.8 Å². The van der Waals surface area contributed by atoms with Gasteiger partial charge < -0.3 is 5.11 Å². The van der Waals surface area contributed by atoms with Gasteiger partial charge in [-0.2, -0.15) is 10.2 Å². The van der Waals surface area contributed by atoms with Crippen molar-refractivity contribution in [2.24, 2.45) is 12.1 Å². The molecule has 1 aromatic carbocycles. The quantitative estimate of drug-likeness (QED) is 0.487. The molecule has 0 saturated carbocycles. The zero-order valence-electron chi connectivity index (χ0n) is 10.9. The number of amides is 1. The van der Waals surface area contributed by atoms with Crippen molar-refractivity contribution < 1.29 is 14.8 Å². The third kappa shape index (κ3) is 3.41. The molecule has 0 atom stereocenters. The van der Waals surface area contributed by atoms with Crippen molar-refractivity contribution in [3.63, 3.8) is 0 Å². The maximum atomic E-state index is 11.6. The Hall–Kier alpha value is -3.23. The molecule has 0 aliphatic heterocycles. The Morgan fingerprint density at radius 2 is 2.24 bits per heavy atom. The monoisotopic (exact) mass is 288 g/mol. The molecule has 0 bridgehead atoms. The van der Waals surface area contributed by atoms with E-state index in [2.05, 4.69) is 15.6 Å². The van der Waals surface area contributed by atoms with Gasteiger partial charge in [0.2, 0.25) is 0 Å². The number of nitro benzene ring substituents is 1. The first-order valence-corrected chi connectivity index (χ1v) is 5.76. The highest BCUT2D eigenvalue weighted by Crippen LogP contribution is 2.18. The van der Waals surface area contributed by atoms with Crippen molar-refractivity contribution in [2.45, 2.75) is 0 Å². The summed E-state index contributed by atoms with van der Waals surface area (Å²) >= 11 is 0. The summed E-state index contributed by atoms with van der Waals surface area (Å²) in [5, 5.41) is 29.6. The van der Waals surface area contributed by atoms with Gasteiger partial charge in [-0.3, -0.25) is 19.6 Å². The van der Waals surface area contributed by atoms with Crippen LogP contribution in [0.15, 0.2) is 35.6 Å². The van der Waals surface area contributed by atoms with Gasteiger partial charge in [-0.05, 0) is 11.6 Å². The molecule has 21 heavy (non-hydrogen) atoms. The number of aromatic nitrogens is 2. The lowest BCUT2D eigenvalue weighted by molar-refractivity contribution is -0.385. The van der Waals surface area contributed by atoms with Gasteiger partial charge in [0.05, 0.1) is 11.1 Å². The fourth-order valence-corrected chi connectivity index (χ4v) is 1.50. The average Bonchev–Trinajstić information content (AvgIpc) is 2.87. The molecule has 0 spiro atoms. The number of nitrogens with zero attached hydrogens (tertiary/aromatic N) is 4. The predicted molar refractivity (Wildman–Crippen MR) is 70.8 cm³/mol. The number of hydrogen-bond acceptors (Lipinski definition) is 6. The standard InChI is InChI=1S/C12H11N5O4/c1-16-5-4-10(15-16)12(19)14-13-7-8-6-9(17(20)21)2-3-11(8)18/h2-7,18H,1H3,(H,14,19)/p-1/b13-7-. The molecule has 9 heteroatoms. The van der Waals surface area contributed by atoms with Crippen molar-refractivity contribution in [1.82, 2.24) is 15.2 Å². The Labute approximate surface area is 118 Å². The second-order valence-electron chi connectivity index (χ2n) is 4.05. The van der Waals surface area contributed by atoms with Crippen molar-refractivity contribution in [2.75, 3.05) is 0 Å². The maximum absolute atomic E-state index is 11.6. The van der Waals surface area contributed by atoms with Crippen molar-refractivity contribution >= 4 is 17.8 Å². The average molecular weight is 288 g/mol. The Kier molecular flexibility index (Phi) is 3.93. The zero-order valence-corrected chi connectivity index (χ0v) is 10.9. The van der Waals surface area contributed by atoms with Gasteiger partial charge in [-0.25, -0.2) is 5.43 Å². The summed E-state index contributed by atoms with van der Waals surface area (Å²) in [4.78, 5) is 21.6. The Morgan fingerprint density at radius 3 is 2.86 bits per heavy atom. The van der Waals surface area contributed by atoms with Gasteiger partial charge in [-0.1, -0.05) is 11.8 Å². The van der Waals surface area contributed by atoms with E-state index in [0.29, 0.717) is 0 Å². The number of nitrogens with one attached hydrogen (secondary N) is 1. The van der Waals surface area contributed by atoms with Crippen molar-refractivity contribution in [3.05, 3.63) is 51.8 Å². The minimum Gasteiger partial charge on any atom is -0.872 e. The van der Waals surface area contributed by atoms with Crippen molar-refractivity contribution in [1.29, 1.82) is 0 Å². The van der Waals surface area contributed by atoms with Crippen LogP contribution in [-0.2, 0) is 7.05 Å². The van der Waals surface area contributed by atoms with Gasteiger partial charge in [0.25, 0.3) is 11.6 Å². The molecule has 108 valence electrons. The molecule has 0 aliphatic rings. The minimum atomic E-state index is -0.622. The number of rotatable bonds is 4. The maximum Gasteiger partial charge on any atom is 0.291 e. The van der Waals surface area contributed by atoms with Gasteiger partial charge in [0, 0.05) is 25.4 Å². The Balaban J connectivity index is 2.09. The van der Waals surface area contributed by atoms with Crippen LogP contribution in [0.4, 0.5) is 5.69 Å². The molecule has 1 heterocycles. The summed E-state index contributed by atoms with van der Waals surface area (Å²) in [5.74, 6) is -0.985. The van der Waals surface area contributed by atoms with Crippen molar-refractivity contribution in [3.8, 4) is 5.75 Å². The van der Waals surface area contributed by atoms with Crippen LogP contribution in [0, 0.1) is 10.1 Å². The van der Waals surface area contributed by atoms with Gasteiger partial charge in [0.1, 0.15) is 0 Å². The number of non-ortho nitro benzene ring substituents is 1. The molecular weight excluding hydrogens is 278 g/mol. The fourth-order valence-electron chi connectivity index (χ4n) is 1.50. The molecule has 2 aromatic rings. The predicted octanol–water partition coefficient (Wildman–Crippen LogP) is 0.166. The van der Waals surface area contributed by atoms with E-state index in [1.807, 2.05) is 0 Å². The summed E-state index contributed by atoms with van der Waals surface area (Å²) in [6.45, 7) is 0. The first-order chi connectivity index (χ1) is 9.97. The summed E-state index contributed by atoms with van der Waals surface area (Å²) in [5.41, 5.74) is 2.12. The van der Waals surface area contributed by atoms with E-state index in [1.165, 1.54) is 10.7 Å². The number of carbonyl (C=O) groups excluding carboxylic acids is 1. The lowest BCUT2D eigenvalue weighted by Crippen LogP contribution is -2.18. The van der Waals surface area contributed by atoms with Gasteiger partial charge in [0.15, 0.2) is 5.69 Å². The SMILES string of the molecule is Cn1ccc(C(=O)N/N=C\c2cc([N+](=O)[O-])ccc2[O-])n1. The molecule has 0 saturated heterocycles. The fraction of sp³-hybridized carbons (Fsp3) is 0.0833. The lowest BCUT2D eigenvalue weighted by Gasteiger charge is -2.08.